The van der Waals surface area contributed by atoms with Gasteiger partial charge in [-0.2, -0.15) is 10.2 Å². The normalized spacial score (nSPS) is 10.3. The summed E-state index contributed by atoms with van der Waals surface area (Å²) in [5.41, 5.74) is 2.02. The fourth-order valence-corrected chi connectivity index (χ4v) is 2.41. The number of benzene rings is 2. The van der Waals surface area contributed by atoms with Crippen molar-refractivity contribution in [2.45, 2.75) is 13.5 Å². The highest BCUT2D eigenvalue weighted by molar-refractivity contribution is 6.30. The largest absolute Gasteiger partial charge is 0.494 e. The Balaban J connectivity index is 1.77. The number of hydrogen-bond donors (Lipinski definition) is 1. The van der Waals surface area contributed by atoms with E-state index in [0.29, 0.717) is 29.9 Å². The first-order valence-electron chi connectivity index (χ1n) is 7.82. The van der Waals surface area contributed by atoms with Crippen LogP contribution < -0.4 is 10.1 Å². The Bertz CT molecular complexity index is 881. The van der Waals surface area contributed by atoms with E-state index >= 15 is 0 Å². The minimum absolute atomic E-state index is 0.220. The molecule has 0 bridgehead atoms. The predicted molar refractivity (Wildman–Crippen MR) is 96.6 cm³/mol. The van der Waals surface area contributed by atoms with Gasteiger partial charge in [-0.1, -0.05) is 23.7 Å². The zero-order valence-corrected chi connectivity index (χ0v) is 14.4. The summed E-state index contributed by atoms with van der Waals surface area (Å²) in [5.74, 6) is 1.51. The Hall–Kier alpha value is -2.97. The molecule has 5 nitrogen and oxygen atoms in total. The Labute approximate surface area is 150 Å². The van der Waals surface area contributed by atoms with Crippen LogP contribution in [0.5, 0.6) is 5.75 Å². The van der Waals surface area contributed by atoms with Gasteiger partial charge in [0, 0.05) is 17.1 Å². The van der Waals surface area contributed by atoms with Gasteiger partial charge in [-0.3, -0.25) is 0 Å². The average molecular weight is 354 g/mol. The van der Waals surface area contributed by atoms with E-state index in [1.54, 1.807) is 0 Å². The number of anilines is 1. The second-order valence-electron chi connectivity index (χ2n) is 5.25. The number of nitrogens with one attached hydrogen (secondary N) is 1. The minimum Gasteiger partial charge on any atom is -0.494 e. The van der Waals surface area contributed by atoms with Crippen molar-refractivity contribution in [1.82, 2.24) is 4.98 Å². The summed E-state index contributed by atoms with van der Waals surface area (Å²) in [7, 11) is 0. The number of oxazole rings is 1. The SMILES string of the molecule is CCOc1ccc(-c2nc(C#N)c(NCc3ccc(Cl)cc3)o2)cc1. The molecule has 6 heteroatoms. The quantitative estimate of drug-likeness (QED) is 0.684. The van der Waals surface area contributed by atoms with Gasteiger partial charge in [-0.05, 0) is 48.9 Å². The van der Waals surface area contributed by atoms with Crippen molar-refractivity contribution in [2.75, 3.05) is 11.9 Å². The zero-order chi connectivity index (χ0) is 17.6. The fraction of sp³-hybridized carbons (Fsp3) is 0.158. The van der Waals surface area contributed by atoms with Crippen LogP contribution in [0.1, 0.15) is 18.2 Å². The lowest BCUT2D eigenvalue weighted by atomic mass is 10.2. The second-order valence-corrected chi connectivity index (χ2v) is 5.68. The maximum atomic E-state index is 9.28. The van der Waals surface area contributed by atoms with Crippen LogP contribution in [0, 0.1) is 11.3 Å². The lowest BCUT2D eigenvalue weighted by Crippen LogP contribution is -1.99. The molecule has 1 heterocycles. The summed E-state index contributed by atoms with van der Waals surface area (Å²) in [4.78, 5) is 4.25. The van der Waals surface area contributed by atoms with Crippen LogP contribution in [0.15, 0.2) is 52.9 Å². The van der Waals surface area contributed by atoms with Crippen molar-refractivity contribution >= 4 is 17.5 Å². The smallest absolute Gasteiger partial charge is 0.232 e. The summed E-state index contributed by atoms with van der Waals surface area (Å²) >= 11 is 5.88. The molecule has 0 radical (unpaired) electrons. The van der Waals surface area contributed by atoms with Crippen LogP contribution in [0.3, 0.4) is 0 Å². The van der Waals surface area contributed by atoms with E-state index in [0.717, 1.165) is 16.9 Å². The van der Waals surface area contributed by atoms with Crippen LogP contribution in [0.2, 0.25) is 5.02 Å². The Morgan fingerprint density at radius 2 is 1.88 bits per heavy atom. The van der Waals surface area contributed by atoms with Gasteiger partial charge >= 0.3 is 0 Å². The van der Waals surface area contributed by atoms with Crippen LogP contribution in [-0.2, 0) is 6.54 Å². The van der Waals surface area contributed by atoms with Crippen molar-refractivity contribution in [3.05, 3.63) is 64.8 Å². The van der Waals surface area contributed by atoms with Crippen molar-refractivity contribution in [3.8, 4) is 23.3 Å². The molecule has 0 aliphatic heterocycles. The summed E-state index contributed by atoms with van der Waals surface area (Å²) in [6.45, 7) is 3.04. The van der Waals surface area contributed by atoms with E-state index in [4.69, 9.17) is 20.8 Å². The first-order chi connectivity index (χ1) is 12.2. The van der Waals surface area contributed by atoms with Gasteiger partial charge in [0.2, 0.25) is 17.5 Å². The molecule has 0 atom stereocenters. The van der Waals surface area contributed by atoms with E-state index in [-0.39, 0.29) is 5.69 Å². The summed E-state index contributed by atoms with van der Waals surface area (Å²) in [5, 5.41) is 13.1. The van der Waals surface area contributed by atoms with Crippen LogP contribution >= 0.6 is 11.6 Å². The van der Waals surface area contributed by atoms with Crippen molar-refractivity contribution in [2.24, 2.45) is 0 Å². The highest BCUT2D eigenvalue weighted by Gasteiger charge is 2.14. The van der Waals surface area contributed by atoms with Gasteiger partial charge < -0.3 is 14.5 Å². The number of aromatic nitrogens is 1. The topological polar surface area (TPSA) is 71.1 Å². The fourth-order valence-electron chi connectivity index (χ4n) is 2.28. The maximum Gasteiger partial charge on any atom is 0.232 e. The Morgan fingerprint density at radius 1 is 1.16 bits per heavy atom. The lowest BCUT2D eigenvalue weighted by Gasteiger charge is -2.04. The van der Waals surface area contributed by atoms with E-state index in [2.05, 4.69) is 10.3 Å². The molecule has 0 fully saturated rings. The molecule has 3 rings (SSSR count). The monoisotopic (exact) mass is 353 g/mol. The molecule has 0 amide bonds. The zero-order valence-electron chi connectivity index (χ0n) is 13.6. The third kappa shape index (κ3) is 4.11. The molecule has 2 aromatic carbocycles. The molecule has 0 aliphatic rings. The molecule has 1 N–H and O–H groups in total. The molecular weight excluding hydrogens is 338 g/mol. The number of nitrogens with zero attached hydrogens (tertiary/aromatic N) is 2. The molecular formula is C19H16ClN3O2. The molecule has 0 saturated heterocycles. The molecule has 3 aromatic rings. The molecule has 25 heavy (non-hydrogen) atoms. The third-order valence-electron chi connectivity index (χ3n) is 3.51. The molecule has 1 aromatic heterocycles. The van der Waals surface area contributed by atoms with Crippen molar-refractivity contribution in [1.29, 1.82) is 5.26 Å². The van der Waals surface area contributed by atoms with Crippen molar-refractivity contribution < 1.29 is 9.15 Å². The minimum atomic E-state index is 0.220. The predicted octanol–water partition coefficient (Wildman–Crippen LogP) is 4.88. The first kappa shape index (κ1) is 16.9. The van der Waals surface area contributed by atoms with Gasteiger partial charge in [0.25, 0.3) is 0 Å². The van der Waals surface area contributed by atoms with Crippen molar-refractivity contribution in [3.63, 3.8) is 0 Å². The van der Waals surface area contributed by atoms with Gasteiger partial charge in [0.15, 0.2) is 0 Å². The number of hydrogen-bond acceptors (Lipinski definition) is 5. The van der Waals surface area contributed by atoms with Crippen LogP contribution in [0.4, 0.5) is 5.88 Å². The number of halogens is 1. The second kappa shape index (κ2) is 7.73. The molecule has 0 aliphatic carbocycles. The summed E-state index contributed by atoms with van der Waals surface area (Å²) in [6, 6.07) is 16.9. The van der Waals surface area contributed by atoms with Gasteiger partial charge in [0.1, 0.15) is 11.8 Å². The van der Waals surface area contributed by atoms with E-state index < -0.39 is 0 Å². The molecule has 0 spiro atoms. The highest BCUT2D eigenvalue weighted by atomic mass is 35.5. The highest BCUT2D eigenvalue weighted by Crippen LogP contribution is 2.27. The molecule has 126 valence electrons. The van der Waals surface area contributed by atoms with Crippen LogP contribution in [-0.4, -0.2) is 11.6 Å². The Kier molecular flexibility index (Phi) is 5.22. The Morgan fingerprint density at radius 3 is 2.52 bits per heavy atom. The van der Waals surface area contributed by atoms with E-state index in [1.807, 2.05) is 61.5 Å². The molecule has 0 saturated carbocycles. The third-order valence-corrected chi connectivity index (χ3v) is 3.76. The average Bonchev–Trinajstić information content (AvgIpc) is 3.05. The van der Waals surface area contributed by atoms with Gasteiger partial charge in [0.05, 0.1) is 6.61 Å². The van der Waals surface area contributed by atoms with E-state index in [9.17, 15) is 5.26 Å². The number of rotatable bonds is 6. The van der Waals surface area contributed by atoms with Crippen LogP contribution in [0.25, 0.3) is 11.5 Å². The molecule has 0 unspecified atom stereocenters. The summed E-state index contributed by atoms with van der Waals surface area (Å²) in [6.07, 6.45) is 0. The number of nitriles is 1. The van der Waals surface area contributed by atoms with E-state index in [1.165, 1.54) is 0 Å². The first-order valence-corrected chi connectivity index (χ1v) is 8.20. The lowest BCUT2D eigenvalue weighted by molar-refractivity contribution is 0.340. The summed E-state index contributed by atoms with van der Waals surface area (Å²) < 4.78 is 11.1. The number of ether oxygens (including phenoxy) is 1. The van der Waals surface area contributed by atoms with Gasteiger partial charge in [-0.15, -0.1) is 0 Å². The maximum absolute atomic E-state index is 9.28. The standard InChI is InChI=1S/C19H16ClN3O2/c1-2-24-16-9-5-14(6-10-16)18-23-17(11-21)19(25-18)22-12-13-3-7-15(20)8-4-13/h3-10,22H,2,12H2,1H3. The van der Waals surface area contributed by atoms with Gasteiger partial charge in [-0.25, -0.2) is 0 Å².